The summed E-state index contributed by atoms with van der Waals surface area (Å²) in [7, 11) is 1.53. The molecule has 5 nitrogen and oxygen atoms in total. The van der Waals surface area contributed by atoms with Gasteiger partial charge in [-0.25, -0.2) is 0 Å². The Labute approximate surface area is 145 Å². The zero-order chi connectivity index (χ0) is 19.2. The summed E-state index contributed by atoms with van der Waals surface area (Å²) in [5, 5.41) is 9.94. The highest BCUT2D eigenvalue weighted by Crippen LogP contribution is 2.30. The molecule has 142 valence electrons. The molecular weight excluding hydrogens is 337 g/mol. The number of nitrogens with two attached hydrogens (primary N) is 1. The molecule has 0 aliphatic carbocycles. The van der Waals surface area contributed by atoms with E-state index in [4.69, 9.17) is 10.5 Å². The summed E-state index contributed by atoms with van der Waals surface area (Å²) in [6.07, 6.45) is -4.85. The lowest BCUT2D eigenvalue weighted by molar-refractivity contribution is -0.137. The van der Waals surface area contributed by atoms with E-state index >= 15 is 0 Å². The molecule has 0 aromatic heterocycles. The zero-order valence-corrected chi connectivity index (χ0v) is 14.6. The summed E-state index contributed by atoms with van der Waals surface area (Å²) < 4.78 is 42.7. The number of hydrogen-bond donors (Lipinski definition) is 2. The molecule has 0 fully saturated rings. The second-order valence-corrected chi connectivity index (χ2v) is 6.44. The van der Waals surface area contributed by atoms with E-state index in [1.165, 1.54) is 24.1 Å². The number of halogens is 3. The number of carbonyl (C=O) groups is 1. The first-order chi connectivity index (χ1) is 11.5. The highest BCUT2D eigenvalue weighted by Gasteiger charge is 2.30. The number of amides is 1. The van der Waals surface area contributed by atoms with E-state index in [0.717, 1.165) is 12.1 Å². The van der Waals surface area contributed by atoms with Crippen LogP contribution in [0.1, 0.15) is 25.8 Å². The number of carbonyl (C=O) groups excluding carboxylic acids is 1. The smallest absolute Gasteiger partial charge is 0.416 e. The van der Waals surface area contributed by atoms with Gasteiger partial charge in [0.15, 0.2) is 0 Å². The average Bonchev–Trinajstić information content (AvgIpc) is 2.51. The van der Waals surface area contributed by atoms with Crippen LogP contribution in [0, 0.1) is 5.92 Å². The van der Waals surface area contributed by atoms with Crippen molar-refractivity contribution in [3.05, 3.63) is 29.8 Å². The minimum Gasteiger partial charge on any atom is -0.491 e. The predicted octanol–water partition coefficient (Wildman–Crippen LogP) is 2.28. The number of aliphatic hydroxyl groups is 1. The van der Waals surface area contributed by atoms with Gasteiger partial charge in [0, 0.05) is 13.6 Å². The quantitative estimate of drug-likeness (QED) is 0.744. The van der Waals surface area contributed by atoms with Crippen LogP contribution >= 0.6 is 0 Å². The van der Waals surface area contributed by atoms with E-state index in [1.807, 2.05) is 13.8 Å². The summed E-state index contributed by atoms with van der Waals surface area (Å²) in [4.78, 5) is 13.4. The van der Waals surface area contributed by atoms with Crippen LogP contribution in [-0.2, 0) is 11.0 Å². The summed E-state index contributed by atoms with van der Waals surface area (Å²) in [5.41, 5.74) is 5.04. The van der Waals surface area contributed by atoms with E-state index in [0.29, 0.717) is 6.42 Å². The van der Waals surface area contributed by atoms with Crippen LogP contribution in [0.4, 0.5) is 13.2 Å². The van der Waals surface area contributed by atoms with Crippen molar-refractivity contribution < 1.29 is 27.8 Å². The number of aliphatic hydroxyl groups excluding tert-OH is 1. The van der Waals surface area contributed by atoms with Crippen LogP contribution < -0.4 is 10.5 Å². The third kappa shape index (κ3) is 7.31. The Morgan fingerprint density at radius 2 is 1.84 bits per heavy atom. The molecule has 0 bridgehead atoms. The first-order valence-corrected chi connectivity index (χ1v) is 7.99. The van der Waals surface area contributed by atoms with E-state index in [9.17, 15) is 23.1 Å². The van der Waals surface area contributed by atoms with Crippen molar-refractivity contribution >= 4 is 5.91 Å². The molecule has 1 aromatic rings. The van der Waals surface area contributed by atoms with Gasteiger partial charge >= 0.3 is 6.18 Å². The third-order valence-electron chi connectivity index (χ3n) is 3.53. The average molecular weight is 362 g/mol. The van der Waals surface area contributed by atoms with E-state index in [2.05, 4.69) is 0 Å². The van der Waals surface area contributed by atoms with Gasteiger partial charge in [-0.1, -0.05) is 13.8 Å². The highest BCUT2D eigenvalue weighted by atomic mass is 19.4. The Morgan fingerprint density at radius 1 is 1.28 bits per heavy atom. The Hall–Kier alpha value is -1.80. The van der Waals surface area contributed by atoms with Gasteiger partial charge in [-0.2, -0.15) is 13.2 Å². The number of likely N-dealkylation sites (N-methyl/N-ethyl adjacent to an activating group) is 1. The van der Waals surface area contributed by atoms with Crippen LogP contribution in [0.2, 0.25) is 0 Å². The SMILES string of the molecule is CC(C)C[C@H](N)C(=O)N(C)CC(O)COc1ccc(C(F)(F)F)cc1. The van der Waals surface area contributed by atoms with Gasteiger partial charge in [-0.3, -0.25) is 4.79 Å². The molecule has 1 rings (SSSR count). The molecule has 25 heavy (non-hydrogen) atoms. The van der Waals surface area contributed by atoms with Crippen LogP contribution in [0.5, 0.6) is 5.75 Å². The van der Waals surface area contributed by atoms with Gasteiger partial charge in [0.2, 0.25) is 5.91 Å². The van der Waals surface area contributed by atoms with Gasteiger partial charge in [0.25, 0.3) is 0 Å². The molecule has 2 atom stereocenters. The maximum Gasteiger partial charge on any atom is 0.416 e. The lowest BCUT2D eigenvalue weighted by Crippen LogP contribution is -2.46. The number of rotatable bonds is 8. The lowest BCUT2D eigenvalue weighted by atomic mass is 10.0. The first-order valence-electron chi connectivity index (χ1n) is 7.99. The fraction of sp³-hybridized carbons (Fsp3) is 0.588. The van der Waals surface area contributed by atoms with Crippen LogP contribution in [0.25, 0.3) is 0 Å². The van der Waals surface area contributed by atoms with Crippen molar-refractivity contribution in [2.24, 2.45) is 11.7 Å². The normalized spacial score (nSPS) is 14.3. The van der Waals surface area contributed by atoms with E-state index in [1.54, 1.807) is 0 Å². The van der Waals surface area contributed by atoms with E-state index in [-0.39, 0.29) is 30.7 Å². The molecule has 0 saturated carbocycles. The van der Waals surface area contributed by atoms with Crippen molar-refractivity contribution in [3.63, 3.8) is 0 Å². The molecular formula is C17H25F3N2O3. The van der Waals surface area contributed by atoms with Gasteiger partial charge in [-0.05, 0) is 36.6 Å². The number of alkyl halides is 3. The summed E-state index contributed by atoms with van der Waals surface area (Å²) >= 11 is 0. The highest BCUT2D eigenvalue weighted by molar-refractivity contribution is 5.81. The predicted molar refractivity (Wildman–Crippen MR) is 88.0 cm³/mol. The maximum atomic E-state index is 12.5. The molecule has 8 heteroatoms. The topological polar surface area (TPSA) is 75.8 Å². The summed E-state index contributed by atoms with van der Waals surface area (Å²) in [6.45, 7) is 3.79. The number of ether oxygens (including phenoxy) is 1. The summed E-state index contributed by atoms with van der Waals surface area (Å²) in [6, 6.07) is 3.55. The second kappa shape index (κ2) is 9.05. The molecule has 0 heterocycles. The Kier molecular flexibility index (Phi) is 7.69. The fourth-order valence-corrected chi connectivity index (χ4v) is 2.28. The van der Waals surface area contributed by atoms with Gasteiger partial charge in [0.1, 0.15) is 18.5 Å². The summed E-state index contributed by atoms with van der Waals surface area (Å²) in [5.74, 6) is 0.208. The molecule has 1 amide bonds. The lowest BCUT2D eigenvalue weighted by Gasteiger charge is -2.24. The minimum absolute atomic E-state index is 0.0191. The van der Waals surface area contributed by atoms with Crippen molar-refractivity contribution in [1.82, 2.24) is 4.90 Å². The molecule has 0 saturated heterocycles. The first kappa shape index (κ1) is 21.2. The Balaban J connectivity index is 2.46. The van der Waals surface area contributed by atoms with Crippen LogP contribution in [-0.4, -0.2) is 48.3 Å². The maximum absolute atomic E-state index is 12.5. The number of benzene rings is 1. The number of nitrogens with zero attached hydrogens (tertiary/aromatic N) is 1. The van der Waals surface area contributed by atoms with E-state index < -0.39 is 23.9 Å². The molecule has 1 aromatic carbocycles. The van der Waals surface area contributed by atoms with Crippen LogP contribution in [0.15, 0.2) is 24.3 Å². The standard InChI is InChI=1S/C17H25F3N2O3/c1-11(2)8-15(21)16(24)22(3)9-13(23)10-25-14-6-4-12(5-7-14)17(18,19)20/h4-7,11,13,15,23H,8-10,21H2,1-3H3/t13?,15-/m0/s1. The minimum atomic E-state index is -4.41. The van der Waals surface area contributed by atoms with Crippen LogP contribution in [0.3, 0.4) is 0 Å². The molecule has 1 unspecified atom stereocenters. The Morgan fingerprint density at radius 3 is 2.32 bits per heavy atom. The number of hydrogen-bond acceptors (Lipinski definition) is 4. The van der Waals surface area contributed by atoms with Crippen molar-refractivity contribution in [3.8, 4) is 5.75 Å². The van der Waals surface area contributed by atoms with Crippen molar-refractivity contribution in [2.75, 3.05) is 20.2 Å². The molecule has 0 aliphatic rings. The van der Waals surface area contributed by atoms with Gasteiger partial charge in [0.05, 0.1) is 11.6 Å². The second-order valence-electron chi connectivity index (χ2n) is 6.44. The molecule has 0 aliphatic heterocycles. The monoisotopic (exact) mass is 362 g/mol. The molecule has 0 radical (unpaired) electrons. The molecule has 0 spiro atoms. The van der Waals surface area contributed by atoms with Gasteiger partial charge in [-0.15, -0.1) is 0 Å². The van der Waals surface area contributed by atoms with Crippen molar-refractivity contribution in [1.29, 1.82) is 0 Å². The zero-order valence-electron chi connectivity index (χ0n) is 14.6. The Bertz CT molecular complexity index is 547. The fourth-order valence-electron chi connectivity index (χ4n) is 2.28. The molecule has 3 N–H and O–H groups in total. The van der Waals surface area contributed by atoms with Crippen molar-refractivity contribution in [2.45, 2.75) is 38.6 Å². The third-order valence-corrected chi connectivity index (χ3v) is 3.53. The largest absolute Gasteiger partial charge is 0.491 e. The van der Waals surface area contributed by atoms with Gasteiger partial charge < -0.3 is 20.5 Å².